The van der Waals surface area contributed by atoms with Crippen molar-refractivity contribution in [2.75, 3.05) is 6.61 Å². The van der Waals surface area contributed by atoms with Crippen LogP contribution in [0.5, 0.6) is 0 Å². The van der Waals surface area contributed by atoms with Crippen LogP contribution in [-0.4, -0.2) is 27.3 Å². The quantitative estimate of drug-likeness (QED) is 0.704. The molecule has 1 unspecified atom stereocenters. The lowest BCUT2D eigenvalue weighted by molar-refractivity contribution is 0.261. The molecule has 1 aromatic heterocycles. The van der Waals surface area contributed by atoms with E-state index < -0.39 is 0 Å². The Morgan fingerprint density at radius 2 is 2.43 bits per heavy atom. The van der Waals surface area contributed by atoms with E-state index in [1.54, 1.807) is 6.20 Å². The van der Waals surface area contributed by atoms with E-state index in [9.17, 15) is 0 Å². The van der Waals surface area contributed by atoms with Gasteiger partial charge in [0.15, 0.2) is 0 Å². The highest BCUT2D eigenvalue weighted by molar-refractivity contribution is 4.90. The van der Waals surface area contributed by atoms with Crippen molar-refractivity contribution in [1.82, 2.24) is 14.9 Å². The van der Waals surface area contributed by atoms with E-state index in [-0.39, 0.29) is 6.61 Å². The lowest BCUT2D eigenvalue weighted by Gasteiger charge is -2.15. The molecule has 0 amide bonds. The van der Waals surface area contributed by atoms with Gasteiger partial charge in [0.05, 0.1) is 6.54 Å². The van der Waals surface area contributed by atoms with Crippen LogP contribution >= 0.6 is 0 Å². The van der Waals surface area contributed by atoms with Crippen molar-refractivity contribution < 1.29 is 5.11 Å². The molecular weight excluding hydrogens is 178 g/mol. The molecule has 0 bridgehead atoms. The Morgan fingerprint density at radius 1 is 1.64 bits per heavy atom. The average molecular weight is 197 g/mol. The lowest BCUT2D eigenvalue weighted by Crippen LogP contribution is -2.29. The van der Waals surface area contributed by atoms with Crippen molar-refractivity contribution in [3.05, 3.63) is 18.2 Å². The molecule has 2 N–H and O–H groups in total. The summed E-state index contributed by atoms with van der Waals surface area (Å²) in [7, 11) is 1.98. The molecule has 0 saturated carbocycles. The Labute approximate surface area is 85.0 Å². The van der Waals surface area contributed by atoms with Gasteiger partial charge in [0.1, 0.15) is 5.82 Å². The van der Waals surface area contributed by atoms with Crippen LogP contribution in [0.15, 0.2) is 12.4 Å². The van der Waals surface area contributed by atoms with Gasteiger partial charge >= 0.3 is 0 Å². The first-order valence-corrected chi connectivity index (χ1v) is 5.08. The minimum Gasteiger partial charge on any atom is -0.396 e. The molecular formula is C10H19N3O. The van der Waals surface area contributed by atoms with Gasteiger partial charge in [-0.05, 0) is 12.8 Å². The molecule has 0 spiro atoms. The van der Waals surface area contributed by atoms with E-state index >= 15 is 0 Å². The molecule has 1 aromatic rings. The summed E-state index contributed by atoms with van der Waals surface area (Å²) in [6.07, 6.45) is 5.57. The summed E-state index contributed by atoms with van der Waals surface area (Å²) in [6.45, 7) is 3.12. The average Bonchev–Trinajstić information content (AvgIpc) is 2.59. The van der Waals surface area contributed by atoms with Gasteiger partial charge in [-0.25, -0.2) is 4.98 Å². The summed E-state index contributed by atoms with van der Waals surface area (Å²) in [5.74, 6) is 1.03. The summed E-state index contributed by atoms with van der Waals surface area (Å²) in [4.78, 5) is 4.22. The zero-order valence-corrected chi connectivity index (χ0v) is 8.90. The van der Waals surface area contributed by atoms with E-state index in [4.69, 9.17) is 5.11 Å². The lowest BCUT2D eigenvalue weighted by atomic mass is 10.1. The fourth-order valence-electron chi connectivity index (χ4n) is 1.41. The molecule has 1 atom stereocenters. The largest absolute Gasteiger partial charge is 0.396 e. The summed E-state index contributed by atoms with van der Waals surface area (Å²) in [5.41, 5.74) is 0. The maximum absolute atomic E-state index is 8.82. The number of aliphatic hydroxyl groups excluding tert-OH is 1. The first kappa shape index (κ1) is 11.2. The van der Waals surface area contributed by atoms with Crippen molar-refractivity contribution in [1.29, 1.82) is 0 Å². The van der Waals surface area contributed by atoms with Gasteiger partial charge in [-0.3, -0.25) is 0 Å². The third-order valence-electron chi connectivity index (χ3n) is 2.44. The number of aliphatic hydroxyl groups is 1. The van der Waals surface area contributed by atoms with Crippen molar-refractivity contribution in [2.24, 2.45) is 7.05 Å². The number of imidazole rings is 1. The van der Waals surface area contributed by atoms with Gasteiger partial charge in [0.2, 0.25) is 0 Å². The second-order valence-electron chi connectivity index (χ2n) is 3.45. The van der Waals surface area contributed by atoms with Crippen molar-refractivity contribution >= 4 is 0 Å². The Kier molecular flexibility index (Phi) is 4.62. The minimum absolute atomic E-state index is 0.242. The molecule has 4 heteroatoms. The molecule has 0 aliphatic carbocycles. The number of aromatic nitrogens is 2. The Hall–Kier alpha value is -0.870. The monoisotopic (exact) mass is 197 g/mol. The second-order valence-corrected chi connectivity index (χ2v) is 3.45. The van der Waals surface area contributed by atoms with Gasteiger partial charge in [-0.2, -0.15) is 0 Å². The third kappa shape index (κ3) is 3.12. The van der Waals surface area contributed by atoms with Crippen molar-refractivity contribution in [2.45, 2.75) is 32.4 Å². The minimum atomic E-state index is 0.242. The van der Waals surface area contributed by atoms with Crippen LogP contribution in [0.25, 0.3) is 0 Å². The molecule has 80 valence electrons. The summed E-state index contributed by atoms with van der Waals surface area (Å²) < 4.78 is 2.00. The zero-order valence-electron chi connectivity index (χ0n) is 8.90. The molecule has 14 heavy (non-hydrogen) atoms. The van der Waals surface area contributed by atoms with E-state index in [1.807, 2.05) is 17.8 Å². The summed E-state index contributed by atoms with van der Waals surface area (Å²) in [6, 6.07) is 0.386. The first-order valence-electron chi connectivity index (χ1n) is 5.08. The van der Waals surface area contributed by atoms with Gasteiger partial charge < -0.3 is 15.0 Å². The number of hydrogen-bond donors (Lipinski definition) is 2. The van der Waals surface area contributed by atoms with E-state index in [2.05, 4.69) is 17.2 Å². The van der Waals surface area contributed by atoms with E-state index in [0.717, 1.165) is 25.2 Å². The molecule has 0 aliphatic rings. The molecule has 1 heterocycles. The molecule has 4 nitrogen and oxygen atoms in total. The molecule has 0 fully saturated rings. The van der Waals surface area contributed by atoms with Crippen LogP contribution in [-0.2, 0) is 13.6 Å². The maximum Gasteiger partial charge on any atom is 0.122 e. The normalized spacial score (nSPS) is 13.1. The summed E-state index contributed by atoms with van der Waals surface area (Å²) >= 11 is 0. The molecule has 1 rings (SSSR count). The number of hydrogen-bond acceptors (Lipinski definition) is 3. The number of rotatable bonds is 6. The highest BCUT2D eigenvalue weighted by Crippen LogP contribution is 1.99. The van der Waals surface area contributed by atoms with Crippen molar-refractivity contribution in [3.8, 4) is 0 Å². The maximum atomic E-state index is 8.82. The molecule has 0 aromatic carbocycles. The fraction of sp³-hybridized carbons (Fsp3) is 0.700. The van der Waals surface area contributed by atoms with Gasteiger partial charge in [0.25, 0.3) is 0 Å². The SMILES string of the molecule is CCC(CCO)NCc1nccn1C. The highest BCUT2D eigenvalue weighted by atomic mass is 16.3. The van der Waals surface area contributed by atoms with Gasteiger partial charge in [0, 0.05) is 32.1 Å². The van der Waals surface area contributed by atoms with E-state index in [0.29, 0.717) is 6.04 Å². The predicted octanol–water partition coefficient (Wildman–Crippen LogP) is 0.671. The van der Waals surface area contributed by atoms with Gasteiger partial charge in [-0.1, -0.05) is 6.92 Å². The van der Waals surface area contributed by atoms with Crippen LogP contribution in [0, 0.1) is 0 Å². The second kappa shape index (κ2) is 5.78. The predicted molar refractivity (Wildman–Crippen MR) is 55.8 cm³/mol. The molecule has 0 radical (unpaired) electrons. The molecule has 0 saturated heterocycles. The van der Waals surface area contributed by atoms with E-state index in [1.165, 1.54) is 0 Å². The first-order chi connectivity index (χ1) is 6.77. The summed E-state index contributed by atoms with van der Waals surface area (Å²) in [5, 5.41) is 12.2. The van der Waals surface area contributed by atoms with Crippen LogP contribution in [0.1, 0.15) is 25.6 Å². The Balaban J connectivity index is 2.35. The van der Waals surface area contributed by atoms with Gasteiger partial charge in [-0.15, -0.1) is 0 Å². The van der Waals surface area contributed by atoms with Crippen LogP contribution in [0.3, 0.4) is 0 Å². The Morgan fingerprint density at radius 3 is 2.93 bits per heavy atom. The Bertz CT molecular complexity index is 260. The van der Waals surface area contributed by atoms with Crippen molar-refractivity contribution in [3.63, 3.8) is 0 Å². The smallest absolute Gasteiger partial charge is 0.122 e. The highest BCUT2D eigenvalue weighted by Gasteiger charge is 2.06. The molecule has 0 aliphatic heterocycles. The van der Waals surface area contributed by atoms with Crippen LogP contribution < -0.4 is 5.32 Å². The van der Waals surface area contributed by atoms with Crippen LogP contribution in [0.2, 0.25) is 0 Å². The number of nitrogens with zero attached hydrogens (tertiary/aromatic N) is 2. The number of aryl methyl sites for hydroxylation is 1. The topological polar surface area (TPSA) is 50.1 Å². The zero-order chi connectivity index (χ0) is 10.4. The third-order valence-corrected chi connectivity index (χ3v) is 2.44. The van der Waals surface area contributed by atoms with Crippen LogP contribution in [0.4, 0.5) is 0 Å². The standard InChI is InChI=1S/C10H19N3O/c1-3-9(4-7-14)12-8-10-11-5-6-13(10)2/h5-6,9,12,14H,3-4,7-8H2,1-2H3. The number of nitrogens with one attached hydrogen (secondary N) is 1. The fourth-order valence-corrected chi connectivity index (χ4v) is 1.41.